The summed E-state index contributed by atoms with van der Waals surface area (Å²) in [5.41, 5.74) is -0.0605. The molecule has 0 heterocycles. The molecule has 0 aliphatic heterocycles. The van der Waals surface area contributed by atoms with Crippen LogP contribution in [0.25, 0.3) is 0 Å². The van der Waals surface area contributed by atoms with Gasteiger partial charge in [0.25, 0.3) is 5.91 Å². The van der Waals surface area contributed by atoms with Crippen LogP contribution in [0, 0.1) is 11.3 Å². The largest absolute Gasteiger partial charge is 0.452 e. The Bertz CT molecular complexity index is 972. The van der Waals surface area contributed by atoms with Crippen LogP contribution < -0.4 is 0 Å². The highest BCUT2D eigenvalue weighted by molar-refractivity contribution is 6.14. The van der Waals surface area contributed by atoms with Gasteiger partial charge >= 0.3 is 5.97 Å². The summed E-state index contributed by atoms with van der Waals surface area (Å²) in [6, 6.07) is 17.3. The number of likely N-dealkylation sites (N-methyl/N-ethyl adjacent to an activating group) is 1. The van der Waals surface area contributed by atoms with Crippen LogP contribution in [0.5, 0.6) is 0 Å². The summed E-state index contributed by atoms with van der Waals surface area (Å²) in [6.45, 7) is -0.480. The Balaban J connectivity index is 1.70. The number of ether oxygens (including phenoxy) is 1. The van der Waals surface area contributed by atoms with Gasteiger partial charge in [0, 0.05) is 18.2 Å². The highest BCUT2D eigenvalue weighted by Crippen LogP contribution is 2.32. The van der Waals surface area contributed by atoms with E-state index in [2.05, 4.69) is 6.07 Å². The highest BCUT2D eigenvalue weighted by Gasteiger charge is 2.39. The maximum Gasteiger partial charge on any atom is 0.339 e. The van der Waals surface area contributed by atoms with E-state index in [1.165, 1.54) is 11.0 Å². The van der Waals surface area contributed by atoms with Crippen molar-refractivity contribution in [2.24, 2.45) is 0 Å². The monoisotopic (exact) mass is 404 g/mol. The second kappa shape index (κ2) is 9.36. The van der Waals surface area contributed by atoms with Crippen LogP contribution in [-0.4, -0.2) is 41.8 Å². The molecule has 0 aromatic heterocycles. The van der Waals surface area contributed by atoms with E-state index in [4.69, 9.17) is 4.74 Å². The number of benzene rings is 2. The zero-order valence-corrected chi connectivity index (χ0v) is 17.0. The Labute approximate surface area is 176 Å². The summed E-state index contributed by atoms with van der Waals surface area (Å²) in [7, 11) is 1.58. The summed E-state index contributed by atoms with van der Waals surface area (Å²) in [5, 5.41) is 9.63. The molecule has 2 aromatic rings. The average molecular weight is 404 g/mol. The van der Waals surface area contributed by atoms with Crippen molar-refractivity contribution in [2.75, 3.05) is 13.7 Å². The van der Waals surface area contributed by atoms with Crippen LogP contribution in [0.2, 0.25) is 0 Å². The molecule has 3 rings (SSSR count). The van der Waals surface area contributed by atoms with E-state index in [0.29, 0.717) is 18.4 Å². The van der Waals surface area contributed by atoms with E-state index in [1.54, 1.807) is 55.6 Å². The van der Waals surface area contributed by atoms with Crippen molar-refractivity contribution in [1.82, 2.24) is 4.90 Å². The molecule has 1 amide bonds. The number of esters is 1. The molecule has 6 heteroatoms. The summed E-state index contributed by atoms with van der Waals surface area (Å²) < 4.78 is 5.23. The fraction of sp³-hybridized carbons (Fsp3) is 0.333. The van der Waals surface area contributed by atoms with E-state index >= 15 is 0 Å². The molecular formula is C24H24N2O4. The van der Waals surface area contributed by atoms with E-state index in [1.807, 2.05) is 0 Å². The fourth-order valence-electron chi connectivity index (χ4n) is 3.80. The van der Waals surface area contributed by atoms with E-state index in [-0.39, 0.29) is 16.9 Å². The van der Waals surface area contributed by atoms with Crippen LogP contribution in [0.15, 0.2) is 54.6 Å². The molecular weight excluding hydrogens is 380 g/mol. The number of nitriles is 1. The number of amides is 1. The quantitative estimate of drug-likeness (QED) is 0.540. The van der Waals surface area contributed by atoms with E-state index in [9.17, 15) is 19.6 Å². The molecule has 154 valence electrons. The van der Waals surface area contributed by atoms with Crippen LogP contribution in [0.3, 0.4) is 0 Å². The SMILES string of the molecule is CN(C(=O)COC(=O)c1ccccc1C(=O)c1ccccc1)C1(C#N)CCCCC1. The lowest BCUT2D eigenvalue weighted by Gasteiger charge is -2.38. The first-order chi connectivity index (χ1) is 14.5. The number of carbonyl (C=O) groups is 3. The molecule has 1 aliphatic carbocycles. The van der Waals surface area contributed by atoms with Gasteiger partial charge in [0.1, 0.15) is 5.54 Å². The normalized spacial score (nSPS) is 14.9. The van der Waals surface area contributed by atoms with Crippen molar-refractivity contribution in [1.29, 1.82) is 5.26 Å². The molecule has 0 bridgehead atoms. The zero-order valence-electron chi connectivity index (χ0n) is 17.0. The summed E-state index contributed by atoms with van der Waals surface area (Å²) in [6.07, 6.45) is 4.06. The molecule has 0 atom stereocenters. The number of carbonyl (C=O) groups excluding carboxylic acids is 3. The Morgan fingerprint density at radius 3 is 2.20 bits per heavy atom. The first kappa shape index (κ1) is 21.3. The lowest BCUT2D eigenvalue weighted by molar-refractivity contribution is -0.138. The standard InChI is InChI=1S/C24H24N2O4/c1-26(24(17-25)14-8-3-9-15-24)21(27)16-30-23(29)20-13-7-6-12-19(20)22(28)18-10-4-2-5-11-18/h2,4-7,10-13H,3,8-9,14-16H2,1H3. The van der Waals surface area contributed by atoms with Gasteiger partial charge in [0.15, 0.2) is 12.4 Å². The van der Waals surface area contributed by atoms with Gasteiger partial charge < -0.3 is 9.64 Å². The molecule has 30 heavy (non-hydrogen) atoms. The smallest absolute Gasteiger partial charge is 0.339 e. The third-order valence-corrected chi connectivity index (χ3v) is 5.66. The molecule has 1 aliphatic rings. The van der Waals surface area contributed by atoms with Gasteiger partial charge in [-0.15, -0.1) is 0 Å². The minimum Gasteiger partial charge on any atom is -0.452 e. The van der Waals surface area contributed by atoms with Crippen LogP contribution in [0.1, 0.15) is 58.4 Å². The second-order valence-corrected chi connectivity index (χ2v) is 7.47. The van der Waals surface area contributed by atoms with E-state index < -0.39 is 24.0 Å². The van der Waals surface area contributed by atoms with Crippen molar-refractivity contribution in [3.8, 4) is 6.07 Å². The Hall–Kier alpha value is -3.46. The van der Waals surface area contributed by atoms with Crippen LogP contribution in [0.4, 0.5) is 0 Å². The summed E-state index contributed by atoms with van der Waals surface area (Å²) in [5.74, 6) is -1.47. The summed E-state index contributed by atoms with van der Waals surface area (Å²) >= 11 is 0. The lowest BCUT2D eigenvalue weighted by atomic mass is 9.81. The maximum atomic E-state index is 12.8. The van der Waals surface area contributed by atoms with Gasteiger partial charge in [-0.05, 0) is 18.9 Å². The number of nitrogens with zero attached hydrogens (tertiary/aromatic N) is 2. The van der Waals surface area contributed by atoms with Crippen molar-refractivity contribution >= 4 is 17.7 Å². The minimum atomic E-state index is -0.844. The number of hydrogen-bond acceptors (Lipinski definition) is 5. The van der Waals surface area contributed by atoms with Crippen LogP contribution >= 0.6 is 0 Å². The molecule has 0 radical (unpaired) electrons. The van der Waals surface area contributed by atoms with Gasteiger partial charge in [-0.1, -0.05) is 67.8 Å². The first-order valence-corrected chi connectivity index (χ1v) is 10.0. The van der Waals surface area contributed by atoms with Crippen molar-refractivity contribution < 1.29 is 19.1 Å². The fourth-order valence-corrected chi connectivity index (χ4v) is 3.80. The lowest BCUT2D eigenvalue weighted by Crippen LogP contribution is -2.51. The molecule has 1 saturated carbocycles. The Morgan fingerprint density at radius 2 is 1.57 bits per heavy atom. The molecule has 0 unspecified atom stereocenters. The zero-order chi connectivity index (χ0) is 21.6. The third-order valence-electron chi connectivity index (χ3n) is 5.66. The van der Waals surface area contributed by atoms with Gasteiger partial charge in [-0.2, -0.15) is 5.26 Å². The molecule has 0 spiro atoms. The predicted octanol–water partition coefficient (Wildman–Crippen LogP) is 3.76. The first-order valence-electron chi connectivity index (χ1n) is 10.0. The topological polar surface area (TPSA) is 87.5 Å². The van der Waals surface area contributed by atoms with Crippen LogP contribution in [-0.2, 0) is 9.53 Å². The summed E-state index contributed by atoms with van der Waals surface area (Å²) in [4.78, 5) is 39.4. The van der Waals surface area contributed by atoms with Crippen molar-refractivity contribution in [3.63, 3.8) is 0 Å². The van der Waals surface area contributed by atoms with Gasteiger partial charge in [0.05, 0.1) is 11.6 Å². The Kier molecular flexibility index (Phi) is 6.63. The average Bonchev–Trinajstić information content (AvgIpc) is 2.82. The van der Waals surface area contributed by atoms with Gasteiger partial charge in [-0.25, -0.2) is 4.79 Å². The van der Waals surface area contributed by atoms with E-state index in [0.717, 1.165) is 19.3 Å². The van der Waals surface area contributed by atoms with Gasteiger partial charge in [0.2, 0.25) is 0 Å². The van der Waals surface area contributed by atoms with Crippen molar-refractivity contribution in [3.05, 3.63) is 71.3 Å². The number of ketones is 1. The second-order valence-electron chi connectivity index (χ2n) is 7.47. The number of rotatable bonds is 6. The molecule has 6 nitrogen and oxygen atoms in total. The molecule has 2 aromatic carbocycles. The highest BCUT2D eigenvalue weighted by atomic mass is 16.5. The molecule has 0 N–H and O–H groups in total. The van der Waals surface area contributed by atoms with Gasteiger partial charge in [-0.3, -0.25) is 9.59 Å². The minimum absolute atomic E-state index is 0.106. The molecule has 1 fully saturated rings. The predicted molar refractivity (Wildman–Crippen MR) is 111 cm³/mol. The maximum absolute atomic E-state index is 12.8. The van der Waals surface area contributed by atoms with Crippen molar-refractivity contribution in [2.45, 2.75) is 37.6 Å². The third kappa shape index (κ3) is 4.41. The molecule has 0 saturated heterocycles. The number of hydrogen-bond donors (Lipinski definition) is 0. The Morgan fingerprint density at radius 1 is 0.967 bits per heavy atom.